The number of alkyl carbamates (subject to hydrolysis) is 1. The van der Waals surface area contributed by atoms with Gasteiger partial charge in [0.05, 0.1) is 7.11 Å². The molecular formula is C15H28N2O3. The number of carbonyl (C=O) groups is 2. The van der Waals surface area contributed by atoms with Gasteiger partial charge >= 0.3 is 6.09 Å². The fraction of sp³-hybridized carbons (Fsp3) is 0.867. The van der Waals surface area contributed by atoms with Crippen molar-refractivity contribution < 1.29 is 14.3 Å². The number of nitrogens with zero attached hydrogens (tertiary/aromatic N) is 1. The van der Waals surface area contributed by atoms with Gasteiger partial charge in [-0.05, 0) is 31.1 Å². The second-order valence-corrected chi connectivity index (χ2v) is 6.31. The van der Waals surface area contributed by atoms with Crippen LogP contribution in [0.5, 0.6) is 0 Å². The lowest BCUT2D eigenvalue weighted by atomic mass is 9.99. The fourth-order valence-electron chi connectivity index (χ4n) is 2.79. The molecule has 0 aromatic rings. The predicted molar refractivity (Wildman–Crippen MR) is 78.4 cm³/mol. The van der Waals surface area contributed by atoms with E-state index in [2.05, 4.69) is 23.9 Å². The molecule has 0 saturated carbocycles. The van der Waals surface area contributed by atoms with E-state index >= 15 is 0 Å². The topological polar surface area (TPSA) is 58.6 Å². The summed E-state index contributed by atoms with van der Waals surface area (Å²) in [6.07, 6.45) is 2.59. The summed E-state index contributed by atoms with van der Waals surface area (Å²) in [5.41, 5.74) is 0. The molecule has 116 valence electrons. The molecule has 1 saturated heterocycles. The molecule has 1 heterocycles. The summed E-state index contributed by atoms with van der Waals surface area (Å²) < 4.78 is 4.61. The molecular weight excluding hydrogens is 256 g/mol. The molecule has 0 bridgehead atoms. The number of ether oxygens (including phenoxy) is 1. The van der Waals surface area contributed by atoms with Crippen LogP contribution in [-0.2, 0) is 9.53 Å². The van der Waals surface area contributed by atoms with Crippen molar-refractivity contribution in [2.75, 3.05) is 13.7 Å². The van der Waals surface area contributed by atoms with Crippen molar-refractivity contribution in [3.05, 3.63) is 0 Å². The summed E-state index contributed by atoms with van der Waals surface area (Å²) in [5.74, 6) is 0.634. The molecule has 0 aliphatic carbocycles. The zero-order chi connectivity index (χ0) is 15.3. The minimum absolute atomic E-state index is 0.0218. The van der Waals surface area contributed by atoms with Gasteiger partial charge in [-0.1, -0.05) is 27.7 Å². The van der Waals surface area contributed by atoms with Crippen LogP contribution >= 0.6 is 0 Å². The molecule has 1 aliphatic heterocycles. The van der Waals surface area contributed by atoms with Crippen LogP contribution in [0.15, 0.2) is 0 Å². The number of carbonyl (C=O) groups excluding carboxylic acids is 2. The van der Waals surface area contributed by atoms with E-state index in [-0.39, 0.29) is 11.8 Å². The maximum absolute atomic E-state index is 12.7. The largest absolute Gasteiger partial charge is 0.453 e. The lowest BCUT2D eigenvalue weighted by Gasteiger charge is -2.31. The summed E-state index contributed by atoms with van der Waals surface area (Å²) in [4.78, 5) is 26.0. The molecule has 1 N–H and O–H groups in total. The second kappa shape index (κ2) is 7.50. The lowest BCUT2D eigenvalue weighted by molar-refractivity contribution is -0.135. The normalized spacial score (nSPS) is 20.4. The van der Waals surface area contributed by atoms with Gasteiger partial charge in [-0.3, -0.25) is 4.79 Å². The van der Waals surface area contributed by atoms with Crippen LogP contribution in [0.3, 0.4) is 0 Å². The summed E-state index contributed by atoms with van der Waals surface area (Å²) in [5, 5.41) is 2.66. The minimum atomic E-state index is -0.545. The Morgan fingerprint density at radius 3 is 2.45 bits per heavy atom. The van der Waals surface area contributed by atoms with Gasteiger partial charge in [-0.25, -0.2) is 4.79 Å². The van der Waals surface area contributed by atoms with Crippen LogP contribution in [0.2, 0.25) is 0 Å². The number of hydrogen-bond acceptors (Lipinski definition) is 3. The molecule has 2 amide bonds. The molecule has 0 aromatic carbocycles. The zero-order valence-corrected chi connectivity index (χ0v) is 13.3. The average molecular weight is 284 g/mol. The molecule has 0 spiro atoms. The van der Waals surface area contributed by atoms with E-state index in [1.807, 2.05) is 18.7 Å². The molecule has 2 atom stereocenters. The third kappa shape index (κ3) is 4.39. The first-order valence-electron chi connectivity index (χ1n) is 7.51. The van der Waals surface area contributed by atoms with Crippen LogP contribution in [0, 0.1) is 11.8 Å². The molecule has 1 rings (SSSR count). The molecule has 0 unspecified atom stereocenters. The molecule has 20 heavy (non-hydrogen) atoms. The Hall–Kier alpha value is -1.26. The summed E-state index contributed by atoms with van der Waals surface area (Å²) >= 11 is 0. The number of hydrogen-bond donors (Lipinski definition) is 1. The SMILES string of the molecule is COC(=O)N[C@H](C(=O)N1CCC[C@@H]1CC(C)C)C(C)C. The van der Waals surface area contributed by atoms with Gasteiger partial charge in [-0.15, -0.1) is 0 Å². The Labute approximate surface area is 122 Å². The number of likely N-dealkylation sites (tertiary alicyclic amines) is 1. The summed E-state index contributed by atoms with van der Waals surface area (Å²) in [7, 11) is 1.31. The van der Waals surface area contributed by atoms with E-state index < -0.39 is 12.1 Å². The predicted octanol–water partition coefficient (Wildman–Crippen LogP) is 2.40. The van der Waals surface area contributed by atoms with Crippen molar-refractivity contribution in [1.29, 1.82) is 0 Å². The third-order valence-corrected chi connectivity index (χ3v) is 3.80. The Morgan fingerprint density at radius 1 is 1.30 bits per heavy atom. The molecule has 5 heteroatoms. The monoisotopic (exact) mass is 284 g/mol. The Bertz CT molecular complexity index is 342. The number of rotatable bonds is 5. The standard InChI is InChI=1S/C15H28N2O3/c1-10(2)9-12-7-6-8-17(12)14(18)13(11(3)4)16-15(19)20-5/h10-13H,6-9H2,1-5H3,(H,16,19)/t12-,13+/m1/s1. The highest BCUT2D eigenvalue weighted by molar-refractivity contribution is 5.86. The van der Waals surface area contributed by atoms with Crippen LogP contribution in [0.4, 0.5) is 4.79 Å². The van der Waals surface area contributed by atoms with Crippen LogP contribution in [0.25, 0.3) is 0 Å². The van der Waals surface area contributed by atoms with E-state index in [0.717, 1.165) is 25.8 Å². The first-order valence-corrected chi connectivity index (χ1v) is 7.51. The van der Waals surface area contributed by atoms with Crippen molar-refractivity contribution >= 4 is 12.0 Å². The van der Waals surface area contributed by atoms with Gasteiger partial charge in [0.1, 0.15) is 6.04 Å². The van der Waals surface area contributed by atoms with Crippen LogP contribution in [-0.4, -0.2) is 42.6 Å². The van der Waals surface area contributed by atoms with Crippen molar-refractivity contribution in [2.24, 2.45) is 11.8 Å². The fourth-order valence-corrected chi connectivity index (χ4v) is 2.79. The van der Waals surface area contributed by atoms with Crippen molar-refractivity contribution in [1.82, 2.24) is 10.2 Å². The highest BCUT2D eigenvalue weighted by Gasteiger charge is 2.35. The summed E-state index contributed by atoms with van der Waals surface area (Å²) in [6, 6.07) is -0.196. The Balaban J connectivity index is 2.75. The van der Waals surface area contributed by atoms with E-state index in [1.54, 1.807) is 0 Å². The van der Waals surface area contributed by atoms with Gasteiger partial charge in [0.25, 0.3) is 0 Å². The first-order chi connectivity index (χ1) is 9.36. The molecule has 1 aliphatic rings. The molecule has 5 nitrogen and oxygen atoms in total. The quantitative estimate of drug-likeness (QED) is 0.843. The second-order valence-electron chi connectivity index (χ2n) is 6.31. The van der Waals surface area contributed by atoms with E-state index in [1.165, 1.54) is 7.11 Å². The van der Waals surface area contributed by atoms with Crippen molar-refractivity contribution in [3.8, 4) is 0 Å². The number of amides is 2. The molecule has 0 aromatic heterocycles. The van der Waals surface area contributed by atoms with Gasteiger partial charge in [0.15, 0.2) is 0 Å². The lowest BCUT2D eigenvalue weighted by Crippen LogP contribution is -2.52. The Morgan fingerprint density at radius 2 is 1.95 bits per heavy atom. The maximum Gasteiger partial charge on any atom is 0.407 e. The third-order valence-electron chi connectivity index (χ3n) is 3.80. The van der Waals surface area contributed by atoms with Gasteiger partial charge in [0, 0.05) is 12.6 Å². The summed E-state index contributed by atoms with van der Waals surface area (Å²) in [6.45, 7) is 9.02. The smallest absolute Gasteiger partial charge is 0.407 e. The van der Waals surface area contributed by atoms with Gasteiger partial charge in [-0.2, -0.15) is 0 Å². The van der Waals surface area contributed by atoms with Crippen LogP contribution < -0.4 is 5.32 Å². The number of methoxy groups -OCH3 is 1. The number of nitrogens with one attached hydrogen (secondary N) is 1. The zero-order valence-electron chi connectivity index (χ0n) is 13.3. The molecule has 0 radical (unpaired) electrons. The highest BCUT2D eigenvalue weighted by atomic mass is 16.5. The van der Waals surface area contributed by atoms with Gasteiger partial charge < -0.3 is 15.0 Å². The maximum atomic E-state index is 12.7. The van der Waals surface area contributed by atoms with E-state index in [4.69, 9.17) is 0 Å². The molecule has 1 fully saturated rings. The Kier molecular flexibility index (Phi) is 6.30. The minimum Gasteiger partial charge on any atom is -0.453 e. The highest BCUT2D eigenvalue weighted by Crippen LogP contribution is 2.25. The van der Waals surface area contributed by atoms with Crippen molar-refractivity contribution in [3.63, 3.8) is 0 Å². The first kappa shape index (κ1) is 16.8. The van der Waals surface area contributed by atoms with Gasteiger partial charge in [0.2, 0.25) is 5.91 Å². The van der Waals surface area contributed by atoms with Crippen LogP contribution in [0.1, 0.15) is 47.0 Å². The van der Waals surface area contributed by atoms with E-state index in [0.29, 0.717) is 12.0 Å². The van der Waals surface area contributed by atoms with Crippen molar-refractivity contribution in [2.45, 2.75) is 59.0 Å². The average Bonchev–Trinajstić information content (AvgIpc) is 2.81. The van der Waals surface area contributed by atoms with E-state index in [9.17, 15) is 9.59 Å².